The summed E-state index contributed by atoms with van der Waals surface area (Å²) in [4.78, 5) is 12.3. The lowest BCUT2D eigenvalue weighted by Crippen LogP contribution is -2.43. The highest BCUT2D eigenvalue weighted by Gasteiger charge is 2.61. The van der Waals surface area contributed by atoms with Crippen LogP contribution in [0.15, 0.2) is 30.3 Å². The third-order valence-electron chi connectivity index (χ3n) is 5.37. The number of hydrogen-bond acceptors (Lipinski definition) is 2. The molecule has 0 saturated heterocycles. The fraction of sp³-hybridized carbons (Fsp3) is 0.588. The first kappa shape index (κ1) is 12.7. The lowest BCUT2D eigenvalue weighted by Gasteiger charge is -2.41. The molecule has 0 spiro atoms. The maximum atomic E-state index is 12.3. The summed E-state index contributed by atoms with van der Waals surface area (Å²) in [5, 5.41) is 0. The number of benzene rings is 1. The maximum Gasteiger partial charge on any atom is 0.338 e. The van der Waals surface area contributed by atoms with Crippen LogP contribution in [0.1, 0.15) is 50.4 Å². The van der Waals surface area contributed by atoms with Crippen LogP contribution in [-0.4, -0.2) is 12.1 Å². The van der Waals surface area contributed by atoms with Crippen molar-refractivity contribution in [2.75, 3.05) is 0 Å². The van der Waals surface area contributed by atoms with Gasteiger partial charge in [-0.1, -0.05) is 39.0 Å². The summed E-state index contributed by atoms with van der Waals surface area (Å²) in [6.07, 6.45) is 3.72. The number of carbonyl (C=O) groups excluding carboxylic acids is 1. The first-order valence-electron chi connectivity index (χ1n) is 7.19. The maximum absolute atomic E-state index is 12.3. The summed E-state index contributed by atoms with van der Waals surface area (Å²) in [5.41, 5.74) is 0.945. The van der Waals surface area contributed by atoms with Gasteiger partial charge in [-0.25, -0.2) is 4.79 Å². The molecule has 0 aromatic heterocycles. The summed E-state index contributed by atoms with van der Waals surface area (Å²) in [7, 11) is 0. The van der Waals surface area contributed by atoms with Crippen LogP contribution in [0.2, 0.25) is 0 Å². The SMILES string of the molecule is CC1(C)[C@H]2CC[C@](C)(C2)[C@H]1OC(=O)c1ccccc1. The molecule has 2 fully saturated rings. The van der Waals surface area contributed by atoms with E-state index >= 15 is 0 Å². The summed E-state index contributed by atoms with van der Waals surface area (Å²) >= 11 is 0. The lowest BCUT2D eigenvalue weighted by molar-refractivity contribution is -0.0584. The predicted molar refractivity (Wildman–Crippen MR) is 74.9 cm³/mol. The molecule has 0 aliphatic heterocycles. The van der Waals surface area contributed by atoms with E-state index < -0.39 is 0 Å². The van der Waals surface area contributed by atoms with Gasteiger partial charge in [-0.15, -0.1) is 0 Å². The second-order valence-corrected chi connectivity index (χ2v) is 7.07. The Morgan fingerprint density at radius 2 is 1.89 bits per heavy atom. The molecule has 19 heavy (non-hydrogen) atoms. The number of rotatable bonds is 2. The molecule has 0 heterocycles. The Labute approximate surface area is 115 Å². The van der Waals surface area contributed by atoms with E-state index in [-0.39, 0.29) is 22.9 Å². The summed E-state index contributed by atoms with van der Waals surface area (Å²) in [6, 6.07) is 9.32. The van der Waals surface area contributed by atoms with Crippen LogP contribution in [0.4, 0.5) is 0 Å². The third kappa shape index (κ3) is 1.89. The molecule has 2 aliphatic carbocycles. The van der Waals surface area contributed by atoms with Crippen molar-refractivity contribution in [1.82, 2.24) is 0 Å². The summed E-state index contributed by atoms with van der Waals surface area (Å²) < 4.78 is 5.91. The zero-order valence-electron chi connectivity index (χ0n) is 12.0. The first-order chi connectivity index (χ1) is 8.93. The average molecular weight is 258 g/mol. The second kappa shape index (κ2) is 4.09. The van der Waals surface area contributed by atoms with Gasteiger partial charge in [0, 0.05) is 10.8 Å². The smallest absolute Gasteiger partial charge is 0.338 e. The average Bonchev–Trinajstić information content (AvgIpc) is 2.87. The number of esters is 1. The van der Waals surface area contributed by atoms with Crippen LogP contribution in [-0.2, 0) is 4.74 Å². The third-order valence-corrected chi connectivity index (χ3v) is 5.37. The van der Waals surface area contributed by atoms with E-state index in [1.54, 1.807) is 0 Å². The van der Waals surface area contributed by atoms with Crippen molar-refractivity contribution < 1.29 is 9.53 Å². The zero-order valence-corrected chi connectivity index (χ0v) is 12.0. The van der Waals surface area contributed by atoms with Crippen molar-refractivity contribution in [3.63, 3.8) is 0 Å². The van der Waals surface area contributed by atoms with Crippen LogP contribution in [0.3, 0.4) is 0 Å². The van der Waals surface area contributed by atoms with Crippen LogP contribution in [0.25, 0.3) is 0 Å². The topological polar surface area (TPSA) is 26.3 Å². The van der Waals surface area contributed by atoms with Crippen LogP contribution in [0, 0.1) is 16.7 Å². The molecule has 3 rings (SSSR count). The fourth-order valence-corrected chi connectivity index (χ4v) is 4.30. The Morgan fingerprint density at radius 3 is 2.47 bits per heavy atom. The van der Waals surface area contributed by atoms with Gasteiger partial charge < -0.3 is 4.74 Å². The van der Waals surface area contributed by atoms with Gasteiger partial charge in [0.15, 0.2) is 0 Å². The van der Waals surface area contributed by atoms with E-state index in [9.17, 15) is 4.79 Å². The van der Waals surface area contributed by atoms with E-state index in [1.165, 1.54) is 19.3 Å². The molecule has 102 valence electrons. The normalized spacial score (nSPS) is 35.3. The Hall–Kier alpha value is -1.31. The zero-order chi connectivity index (χ0) is 13.7. The Bertz CT molecular complexity index is 486. The quantitative estimate of drug-likeness (QED) is 0.748. The summed E-state index contributed by atoms with van der Waals surface area (Å²) in [5.74, 6) is 0.526. The molecule has 1 aromatic rings. The van der Waals surface area contributed by atoms with Gasteiger partial charge in [0.25, 0.3) is 0 Å². The molecule has 2 aliphatic rings. The number of ether oxygens (including phenoxy) is 1. The molecule has 2 nitrogen and oxygen atoms in total. The van der Waals surface area contributed by atoms with E-state index in [2.05, 4.69) is 20.8 Å². The van der Waals surface area contributed by atoms with Crippen LogP contribution < -0.4 is 0 Å². The van der Waals surface area contributed by atoms with Gasteiger partial charge >= 0.3 is 5.97 Å². The molecular weight excluding hydrogens is 236 g/mol. The molecule has 1 aromatic carbocycles. The van der Waals surface area contributed by atoms with Crippen molar-refractivity contribution >= 4 is 5.97 Å². The highest BCUT2D eigenvalue weighted by molar-refractivity contribution is 5.89. The number of carbonyl (C=O) groups is 1. The van der Waals surface area contributed by atoms with E-state index in [4.69, 9.17) is 4.74 Å². The first-order valence-corrected chi connectivity index (χ1v) is 7.19. The van der Waals surface area contributed by atoms with Crippen molar-refractivity contribution in [3.05, 3.63) is 35.9 Å². The number of fused-ring (bicyclic) bond motifs is 2. The van der Waals surface area contributed by atoms with Crippen LogP contribution in [0.5, 0.6) is 0 Å². The summed E-state index contributed by atoms with van der Waals surface area (Å²) in [6.45, 7) is 6.79. The van der Waals surface area contributed by atoms with Gasteiger partial charge in [0.2, 0.25) is 0 Å². The molecule has 0 radical (unpaired) electrons. The van der Waals surface area contributed by atoms with E-state index in [0.717, 1.165) is 0 Å². The molecular formula is C17H22O2. The highest BCUT2D eigenvalue weighted by atomic mass is 16.5. The van der Waals surface area contributed by atoms with Gasteiger partial charge in [-0.05, 0) is 37.3 Å². The van der Waals surface area contributed by atoms with E-state index in [0.29, 0.717) is 11.5 Å². The lowest BCUT2D eigenvalue weighted by atomic mass is 9.70. The molecule has 0 unspecified atom stereocenters. The Balaban J connectivity index is 1.82. The minimum atomic E-state index is -0.174. The van der Waals surface area contributed by atoms with Crippen molar-refractivity contribution in [2.45, 2.75) is 46.1 Å². The highest BCUT2D eigenvalue weighted by Crippen LogP contribution is 2.63. The van der Waals surface area contributed by atoms with Gasteiger partial charge in [-0.2, -0.15) is 0 Å². The molecule has 2 heteroatoms. The van der Waals surface area contributed by atoms with Crippen molar-refractivity contribution in [3.8, 4) is 0 Å². The van der Waals surface area contributed by atoms with Gasteiger partial charge in [-0.3, -0.25) is 0 Å². The van der Waals surface area contributed by atoms with Gasteiger partial charge in [0.05, 0.1) is 5.56 Å². The largest absolute Gasteiger partial charge is 0.458 e. The predicted octanol–water partition coefficient (Wildman–Crippen LogP) is 4.06. The monoisotopic (exact) mass is 258 g/mol. The molecule has 3 atom stereocenters. The fourth-order valence-electron chi connectivity index (χ4n) is 4.30. The Kier molecular flexibility index (Phi) is 2.74. The Morgan fingerprint density at radius 1 is 1.21 bits per heavy atom. The molecule has 2 saturated carbocycles. The second-order valence-electron chi connectivity index (χ2n) is 7.07. The van der Waals surface area contributed by atoms with Gasteiger partial charge in [0.1, 0.15) is 6.10 Å². The standard InChI is InChI=1S/C17H22O2/c1-16(2)13-9-10-17(3,11-13)15(16)19-14(18)12-7-5-4-6-8-12/h4-8,13,15H,9-11H2,1-3H3/t13-,15-,17+/m0/s1. The molecule has 0 amide bonds. The minimum Gasteiger partial charge on any atom is -0.458 e. The number of hydrogen-bond donors (Lipinski definition) is 0. The van der Waals surface area contributed by atoms with Crippen molar-refractivity contribution in [2.24, 2.45) is 16.7 Å². The van der Waals surface area contributed by atoms with Crippen molar-refractivity contribution in [1.29, 1.82) is 0 Å². The minimum absolute atomic E-state index is 0.0476. The molecule has 0 N–H and O–H groups in total. The van der Waals surface area contributed by atoms with Crippen LogP contribution >= 0.6 is 0 Å². The molecule has 2 bridgehead atoms. The van der Waals surface area contributed by atoms with E-state index in [1.807, 2.05) is 30.3 Å².